The van der Waals surface area contributed by atoms with E-state index in [0.29, 0.717) is 23.6 Å². The standard InChI is InChI=1S/C28H14ClF8NO2/c29-21-3-1-2-14-8-23(38(26(39)25(14)21)12-15-4-5-20(30)11-22(15)31)24-9-17(13-40-24)16-6-18(27(32,33)34)10-19(7-16)28(35,36)37/h1-11,13H,12H2. The highest BCUT2D eigenvalue weighted by molar-refractivity contribution is 6.35. The lowest BCUT2D eigenvalue weighted by molar-refractivity contribution is -0.143. The monoisotopic (exact) mass is 583 g/mol. The van der Waals surface area contributed by atoms with Crippen molar-refractivity contribution in [2.75, 3.05) is 0 Å². The van der Waals surface area contributed by atoms with Crippen LogP contribution in [-0.4, -0.2) is 4.57 Å². The van der Waals surface area contributed by atoms with Crippen LogP contribution in [0.4, 0.5) is 35.1 Å². The molecule has 0 N–H and O–H groups in total. The van der Waals surface area contributed by atoms with Gasteiger partial charge in [-0.1, -0.05) is 29.8 Å². The summed E-state index contributed by atoms with van der Waals surface area (Å²) < 4.78 is 115. The Bertz CT molecular complexity index is 1790. The second-order valence-electron chi connectivity index (χ2n) is 8.85. The molecular weight excluding hydrogens is 570 g/mol. The summed E-state index contributed by atoms with van der Waals surface area (Å²) in [5, 5.41) is 0.515. The molecule has 0 unspecified atom stereocenters. The predicted molar refractivity (Wildman–Crippen MR) is 132 cm³/mol. The third-order valence-electron chi connectivity index (χ3n) is 6.20. The number of furan rings is 1. The van der Waals surface area contributed by atoms with Crippen LogP contribution in [0.2, 0.25) is 5.02 Å². The molecule has 0 saturated carbocycles. The maximum atomic E-state index is 14.5. The van der Waals surface area contributed by atoms with E-state index in [1.165, 1.54) is 12.1 Å². The first kappa shape index (κ1) is 27.4. The average molecular weight is 584 g/mol. The summed E-state index contributed by atoms with van der Waals surface area (Å²) in [7, 11) is 0. The van der Waals surface area contributed by atoms with Crippen LogP contribution < -0.4 is 5.56 Å². The highest BCUT2D eigenvalue weighted by atomic mass is 35.5. The number of alkyl halides is 6. The Morgan fingerprint density at radius 1 is 0.800 bits per heavy atom. The van der Waals surface area contributed by atoms with E-state index < -0.39 is 52.8 Å². The summed E-state index contributed by atoms with van der Waals surface area (Å²) in [5.41, 5.74) is -4.32. The van der Waals surface area contributed by atoms with Crippen molar-refractivity contribution in [1.82, 2.24) is 4.57 Å². The number of hydrogen-bond acceptors (Lipinski definition) is 2. The van der Waals surface area contributed by atoms with Gasteiger partial charge in [0.1, 0.15) is 11.6 Å². The molecule has 0 bridgehead atoms. The van der Waals surface area contributed by atoms with E-state index in [4.69, 9.17) is 16.0 Å². The summed E-state index contributed by atoms with van der Waals surface area (Å²) in [6.45, 7) is -0.417. The molecule has 206 valence electrons. The predicted octanol–water partition coefficient (Wildman–Crippen LogP) is 8.95. The molecule has 0 spiro atoms. The molecule has 2 aromatic heterocycles. The van der Waals surface area contributed by atoms with Crippen molar-refractivity contribution >= 4 is 22.4 Å². The normalized spacial score (nSPS) is 12.3. The van der Waals surface area contributed by atoms with Gasteiger partial charge in [0.15, 0.2) is 5.76 Å². The van der Waals surface area contributed by atoms with Gasteiger partial charge in [-0.2, -0.15) is 26.3 Å². The highest BCUT2D eigenvalue weighted by Gasteiger charge is 2.37. The first-order valence-corrected chi connectivity index (χ1v) is 11.7. The van der Waals surface area contributed by atoms with Crippen LogP contribution in [0.1, 0.15) is 16.7 Å². The van der Waals surface area contributed by atoms with Gasteiger partial charge < -0.3 is 8.98 Å². The highest BCUT2D eigenvalue weighted by Crippen LogP contribution is 2.40. The number of pyridine rings is 1. The zero-order chi connectivity index (χ0) is 29.0. The smallest absolute Gasteiger partial charge is 0.416 e. The SMILES string of the molecule is O=c1c2c(Cl)cccc2cc(-c2cc(-c3cc(C(F)(F)F)cc(C(F)(F)F)c3)co2)n1Cc1ccc(F)cc1F. The quantitative estimate of drug-likeness (QED) is 0.198. The number of benzene rings is 3. The van der Waals surface area contributed by atoms with Gasteiger partial charge in [0, 0.05) is 17.2 Å². The molecular formula is C28H14ClF8NO2. The third kappa shape index (κ3) is 5.21. The Hall–Kier alpha value is -4.12. The Kier molecular flexibility index (Phi) is 6.73. The molecule has 3 nitrogen and oxygen atoms in total. The number of rotatable bonds is 4. The van der Waals surface area contributed by atoms with E-state index in [-0.39, 0.29) is 39.1 Å². The number of hydrogen-bond donors (Lipinski definition) is 0. The molecule has 3 aromatic carbocycles. The van der Waals surface area contributed by atoms with E-state index >= 15 is 0 Å². The fourth-order valence-corrected chi connectivity index (χ4v) is 4.54. The van der Waals surface area contributed by atoms with Crippen molar-refractivity contribution in [2.24, 2.45) is 0 Å². The van der Waals surface area contributed by atoms with Gasteiger partial charge in [0.2, 0.25) is 0 Å². The minimum Gasteiger partial charge on any atom is -0.462 e. The van der Waals surface area contributed by atoms with Crippen LogP contribution in [0, 0.1) is 11.6 Å². The van der Waals surface area contributed by atoms with Crippen LogP contribution >= 0.6 is 11.6 Å². The van der Waals surface area contributed by atoms with Crippen LogP contribution in [0.3, 0.4) is 0 Å². The van der Waals surface area contributed by atoms with Crippen LogP contribution in [-0.2, 0) is 18.9 Å². The number of fused-ring (bicyclic) bond motifs is 1. The largest absolute Gasteiger partial charge is 0.462 e. The van der Waals surface area contributed by atoms with Crippen LogP contribution in [0.5, 0.6) is 0 Å². The molecule has 0 aliphatic carbocycles. The van der Waals surface area contributed by atoms with Crippen LogP contribution in [0.15, 0.2) is 82.2 Å². The summed E-state index contributed by atoms with van der Waals surface area (Å²) in [4.78, 5) is 13.5. The maximum Gasteiger partial charge on any atom is 0.416 e. The maximum absolute atomic E-state index is 14.5. The summed E-state index contributed by atoms with van der Waals surface area (Å²) in [5.74, 6) is -1.89. The van der Waals surface area contributed by atoms with Crippen molar-refractivity contribution in [1.29, 1.82) is 0 Å². The van der Waals surface area contributed by atoms with Crippen molar-refractivity contribution in [2.45, 2.75) is 18.9 Å². The molecule has 12 heteroatoms. The summed E-state index contributed by atoms with van der Waals surface area (Å²) >= 11 is 6.23. The van der Waals surface area contributed by atoms with Gasteiger partial charge in [-0.3, -0.25) is 4.79 Å². The van der Waals surface area contributed by atoms with Crippen LogP contribution in [0.25, 0.3) is 33.4 Å². The molecule has 2 heterocycles. The Morgan fingerprint density at radius 2 is 1.48 bits per heavy atom. The lowest BCUT2D eigenvalue weighted by Gasteiger charge is -2.14. The van der Waals surface area contributed by atoms with Gasteiger partial charge >= 0.3 is 12.4 Å². The Morgan fingerprint density at radius 3 is 2.10 bits per heavy atom. The van der Waals surface area contributed by atoms with E-state index in [1.54, 1.807) is 12.1 Å². The van der Waals surface area contributed by atoms with Gasteiger partial charge in [0.25, 0.3) is 5.56 Å². The molecule has 0 aliphatic heterocycles. The first-order chi connectivity index (χ1) is 18.7. The van der Waals surface area contributed by atoms with Gasteiger partial charge in [-0.25, -0.2) is 8.78 Å². The minimum atomic E-state index is -5.06. The van der Waals surface area contributed by atoms with Gasteiger partial charge in [0.05, 0.1) is 40.0 Å². The Labute approximate surface area is 224 Å². The molecule has 0 fully saturated rings. The third-order valence-corrected chi connectivity index (χ3v) is 6.52. The number of nitrogens with zero attached hydrogens (tertiary/aromatic N) is 1. The average Bonchev–Trinajstić information content (AvgIpc) is 3.36. The molecule has 0 amide bonds. The zero-order valence-corrected chi connectivity index (χ0v) is 20.6. The fraction of sp³-hybridized carbons (Fsp3) is 0.107. The van der Waals surface area contributed by atoms with Crippen molar-refractivity contribution < 1.29 is 39.5 Å². The molecule has 5 rings (SSSR count). The lowest BCUT2D eigenvalue weighted by Crippen LogP contribution is -2.23. The lowest BCUT2D eigenvalue weighted by atomic mass is 10.0. The summed E-state index contributed by atoms with van der Waals surface area (Å²) in [6, 6.07) is 11.1. The number of halogens is 9. The molecule has 40 heavy (non-hydrogen) atoms. The fourth-order valence-electron chi connectivity index (χ4n) is 4.28. The molecule has 0 radical (unpaired) electrons. The number of aromatic nitrogens is 1. The second kappa shape index (κ2) is 9.81. The first-order valence-electron chi connectivity index (χ1n) is 11.4. The summed E-state index contributed by atoms with van der Waals surface area (Å²) in [6.07, 6.45) is -9.17. The topological polar surface area (TPSA) is 35.1 Å². The second-order valence-corrected chi connectivity index (χ2v) is 9.26. The van der Waals surface area contributed by atoms with Gasteiger partial charge in [-0.15, -0.1) is 0 Å². The zero-order valence-electron chi connectivity index (χ0n) is 19.8. The van der Waals surface area contributed by atoms with Gasteiger partial charge in [-0.05, 0) is 53.4 Å². The molecule has 0 saturated heterocycles. The van der Waals surface area contributed by atoms with E-state index in [1.807, 2.05) is 0 Å². The molecule has 5 aromatic rings. The van der Waals surface area contributed by atoms with Crippen molar-refractivity contribution in [3.05, 3.63) is 117 Å². The van der Waals surface area contributed by atoms with E-state index in [0.717, 1.165) is 29.0 Å². The minimum absolute atomic E-state index is 0.00642. The molecule has 0 aliphatic rings. The van der Waals surface area contributed by atoms with E-state index in [9.17, 15) is 39.9 Å². The van der Waals surface area contributed by atoms with E-state index in [2.05, 4.69) is 0 Å². The molecule has 0 atom stereocenters. The van der Waals surface area contributed by atoms with Crippen molar-refractivity contribution in [3.63, 3.8) is 0 Å². The van der Waals surface area contributed by atoms with Crippen molar-refractivity contribution in [3.8, 4) is 22.6 Å². The Balaban J connectivity index is 1.70.